The molecule has 0 N–H and O–H groups in total. The molecule has 4 heteroatoms. The van der Waals surface area contributed by atoms with Crippen LogP contribution in [-0.2, 0) is 32.5 Å². The molecule has 0 radical (unpaired) electrons. The predicted molar refractivity (Wildman–Crippen MR) is 332 cm³/mol. The van der Waals surface area contributed by atoms with Crippen molar-refractivity contribution in [1.82, 2.24) is 9.55 Å². The van der Waals surface area contributed by atoms with E-state index in [1.165, 1.54) is 83.5 Å². The van der Waals surface area contributed by atoms with Crippen LogP contribution in [0.4, 0.5) is 22.7 Å². The minimum atomic E-state index is -0.727. The molecule has 0 spiro atoms. The van der Waals surface area contributed by atoms with Crippen LogP contribution >= 0.6 is 0 Å². The number of anilines is 4. The lowest BCUT2D eigenvalue weighted by Gasteiger charge is -2.37. The average molecular weight is 1020 g/mol. The maximum Gasteiger partial charge on any atom is 0.137 e. The Labute approximate surface area is 465 Å². The molecule has 4 nitrogen and oxygen atoms in total. The van der Waals surface area contributed by atoms with Crippen LogP contribution in [-0.4, -0.2) is 16.2 Å². The first-order valence-corrected chi connectivity index (χ1v) is 28.1. The summed E-state index contributed by atoms with van der Waals surface area (Å²) in [7, 11) is 0. The Morgan fingerprint density at radius 3 is 1.33 bits per heavy atom. The summed E-state index contributed by atoms with van der Waals surface area (Å²) in [5.41, 5.74) is 18.7. The van der Waals surface area contributed by atoms with Crippen LogP contribution in [0.1, 0.15) is 153 Å². The molecule has 2 aromatic heterocycles. The predicted octanol–water partition coefficient (Wildman–Crippen LogP) is 19.3. The van der Waals surface area contributed by atoms with Crippen LogP contribution in [0.3, 0.4) is 0 Å². The molecular weight excluding hydrogens is 945 g/mol. The van der Waals surface area contributed by atoms with E-state index in [4.69, 9.17) is 4.98 Å². The Morgan fingerprint density at radius 2 is 0.769 bits per heavy atom. The summed E-state index contributed by atoms with van der Waals surface area (Å²) < 4.78 is 2.41. The van der Waals surface area contributed by atoms with E-state index in [2.05, 4.69) is 311 Å². The lowest BCUT2D eigenvalue weighted by atomic mass is 9.65. The Hall–Kier alpha value is -7.69. The number of pyridine rings is 1. The highest BCUT2D eigenvalue weighted by atomic mass is 15.4. The first-order valence-electron chi connectivity index (χ1n) is 28.1. The van der Waals surface area contributed by atoms with E-state index < -0.39 is 5.41 Å². The summed E-state index contributed by atoms with van der Waals surface area (Å²) in [5, 5.41) is 2.39. The van der Waals surface area contributed by atoms with E-state index in [0.717, 1.165) is 22.5 Å². The van der Waals surface area contributed by atoms with Crippen molar-refractivity contribution in [2.75, 3.05) is 16.5 Å². The zero-order valence-corrected chi connectivity index (χ0v) is 48.6. The topological polar surface area (TPSA) is 24.3 Å². The summed E-state index contributed by atoms with van der Waals surface area (Å²) in [4.78, 5) is 10.3. The molecule has 1 aliphatic rings. The molecule has 0 aliphatic carbocycles. The Balaban J connectivity index is 1.10. The molecule has 78 heavy (non-hydrogen) atoms. The highest BCUT2D eigenvalue weighted by Gasteiger charge is 2.40. The minimum absolute atomic E-state index is 0.00288. The summed E-state index contributed by atoms with van der Waals surface area (Å²) in [6.07, 6.45) is 2.02. The van der Waals surface area contributed by atoms with Crippen LogP contribution < -0.4 is 9.80 Å². The van der Waals surface area contributed by atoms with Crippen molar-refractivity contribution in [3.8, 4) is 5.82 Å². The fourth-order valence-electron chi connectivity index (χ4n) is 12.0. The lowest BCUT2D eigenvalue weighted by molar-refractivity contribution is 0.557. The quantitative estimate of drug-likeness (QED) is 0.135. The van der Waals surface area contributed by atoms with Gasteiger partial charge in [0.1, 0.15) is 12.5 Å². The average Bonchev–Trinajstić information content (AvgIpc) is 4.05. The highest BCUT2D eigenvalue weighted by Crippen LogP contribution is 2.51. The van der Waals surface area contributed by atoms with Crippen LogP contribution in [0.25, 0.3) is 27.6 Å². The largest absolute Gasteiger partial charge is 0.321 e. The van der Waals surface area contributed by atoms with Crippen LogP contribution in [0.15, 0.2) is 206 Å². The molecule has 0 fully saturated rings. The van der Waals surface area contributed by atoms with E-state index in [-0.39, 0.29) is 27.1 Å². The van der Waals surface area contributed by atoms with Crippen molar-refractivity contribution in [2.45, 2.75) is 129 Å². The standard InChI is InChI=1S/C74H78N4/c1-69(2,3)55-40-56(70(4,5)6)43-59(42-55)73(13,14)52-38-39-75-68(48-52)78-64-33-22-21-32-62(64)63-37-36-54(47-67(63)78)74(50-26-17-15-18-27-50,51-28-19-16-20-29-51)53-30-25-31-60(44-53)76-49-77(66-35-24-23-34-65(66)76)61-45-57(71(7,8)9)41-58(46-61)72(10,11)12/h15-48H,49H2,1-14H3. The van der Waals surface area contributed by atoms with Gasteiger partial charge in [0.05, 0.1) is 27.8 Å². The fraction of sp³-hybridized carbons (Fsp3) is 0.284. The number of nitrogens with zero attached hydrogens (tertiary/aromatic N) is 4. The molecule has 10 aromatic rings. The molecule has 8 aromatic carbocycles. The van der Waals surface area contributed by atoms with Crippen molar-refractivity contribution in [1.29, 1.82) is 0 Å². The van der Waals surface area contributed by atoms with Gasteiger partial charge in [-0.05, 0) is 138 Å². The molecule has 1 aliphatic heterocycles. The van der Waals surface area contributed by atoms with Crippen molar-refractivity contribution < 1.29 is 0 Å². The molecule has 0 atom stereocenters. The van der Waals surface area contributed by atoms with E-state index in [9.17, 15) is 0 Å². The first-order chi connectivity index (χ1) is 36.9. The molecule has 0 amide bonds. The smallest absolute Gasteiger partial charge is 0.137 e. The van der Waals surface area contributed by atoms with E-state index in [1.807, 2.05) is 6.20 Å². The molecule has 3 heterocycles. The number of fused-ring (bicyclic) bond motifs is 4. The number of hydrogen-bond donors (Lipinski definition) is 0. The summed E-state index contributed by atoms with van der Waals surface area (Å²) >= 11 is 0. The summed E-state index contributed by atoms with van der Waals surface area (Å²) in [5.74, 6) is 0.902. The number of hydrogen-bond acceptors (Lipinski definition) is 3. The molecule has 0 bridgehead atoms. The van der Waals surface area contributed by atoms with Crippen LogP contribution in [0, 0.1) is 0 Å². The minimum Gasteiger partial charge on any atom is -0.321 e. The second kappa shape index (κ2) is 19.0. The second-order valence-electron chi connectivity index (χ2n) is 26.7. The number of aromatic nitrogens is 2. The Bertz CT molecular complexity index is 3740. The normalized spacial score (nSPS) is 13.7. The fourth-order valence-corrected chi connectivity index (χ4v) is 12.0. The van der Waals surface area contributed by atoms with Gasteiger partial charge in [-0.2, -0.15) is 0 Å². The van der Waals surface area contributed by atoms with Gasteiger partial charge >= 0.3 is 0 Å². The second-order valence-corrected chi connectivity index (χ2v) is 26.7. The van der Waals surface area contributed by atoms with Gasteiger partial charge in [-0.25, -0.2) is 4.98 Å². The molecule has 0 saturated heterocycles. The van der Waals surface area contributed by atoms with Gasteiger partial charge in [0.25, 0.3) is 0 Å². The van der Waals surface area contributed by atoms with Crippen LogP contribution in [0.2, 0.25) is 0 Å². The van der Waals surface area contributed by atoms with Gasteiger partial charge in [-0.15, -0.1) is 0 Å². The van der Waals surface area contributed by atoms with Gasteiger partial charge in [-0.3, -0.25) is 4.57 Å². The van der Waals surface area contributed by atoms with Crippen LogP contribution in [0.5, 0.6) is 0 Å². The zero-order chi connectivity index (χ0) is 55.2. The van der Waals surface area contributed by atoms with Crippen molar-refractivity contribution in [3.63, 3.8) is 0 Å². The SMILES string of the molecule is CC(C)(C)c1cc(N2CN(c3cccc(C(c4ccccc4)(c4ccccc4)c4ccc5c6ccccc6n(-c6cc(C(C)(C)c7cc(C(C)(C)C)cc(C(C)(C)C)c7)ccn6)c5c4)c3)c3ccccc32)cc(C(C)(C)C)c1. The van der Waals surface area contributed by atoms with Crippen molar-refractivity contribution in [2.24, 2.45) is 0 Å². The number of rotatable bonds is 9. The summed E-state index contributed by atoms with van der Waals surface area (Å²) in [6.45, 7) is 33.3. The number of benzene rings is 8. The van der Waals surface area contributed by atoms with Gasteiger partial charge in [0.2, 0.25) is 0 Å². The van der Waals surface area contributed by atoms with Crippen molar-refractivity contribution >= 4 is 44.6 Å². The monoisotopic (exact) mass is 1020 g/mol. The summed E-state index contributed by atoms with van der Waals surface area (Å²) in [6, 6.07) is 75.7. The maximum absolute atomic E-state index is 5.26. The Morgan fingerprint density at radius 1 is 0.321 bits per heavy atom. The molecule has 0 unspecified atom stereocenters. The molecule has 0 saturated carbocycles. The lowest BCUT2D eigenvalue weighted by Crippen LogP contribution is -2.31. The van der Waals surface area contributed by atoms with Crippen molar-refractivity contribution in [3.05, 3.63) is 262 Å². The van der Waals surface area contributed by atoms with E-state index >= 15 is 0 Å². The van der Waals surface area contributed by atoms with Gasteiger partial charge in [-0.1, -0.05) is 236 Å². The van der Waals surface area contributed by atoms with Gasteiger partial charge in [0.15, 0.2) is 0 Å². The molecule has 11 rings (SSSR count). The van der Waals surface area contributed by atoms with Gasteiger partial charge in [0, 0.05) is 33.8 Å². The third kappa shape index (κ3) is 9.21. The van der Waals surface area contributed by atoms with Gasteiger partial charge < -0.3 is 9.80 Å². The van der Waals surface area contributed by atoms with E-state index in [0.29, 0.717) is 6.67 Å². The molecule has 394 valence electrons. The molecular formula is C74H78N4. The highest BCUT2D eigenvalue weighted by molar-refractivity contribution is 6.09. The zero-order valence-electron chi connectivity index (χ0n) is 48.6. The van der Waals surface area contributed by atoms with E-state index in [1.54, 1.807) is 0 Å². The third-order valence-corrected chi connectivity index (χ3v) is 16.9. The third-order valence-electron chi connectivity index (χ3n) is 16.9. The maximum atomic E-state index is 5.26. The number of para-hydroxylation sites is 3. The Kier molecular flexibility index (Phi) is 12.8. The first kappa shape index (κ1) is 52.4.